The number of hydrogen-bond acceptors (Lipinski definition) is 8. The van der Waals surface area contributed by atoms with Gasteiger partial charge in [0.1, 0.15) is 23.2 Å². The van der Waals surface area contributed by atoms with Crippen molar-refractivity contribution in [2.45, 2.75) is 56.8 Å². The van der Waals surface area contributed by atoms with E-state index in [9.17, 15) is 29.6 Å². The monoisotopic (exact) mass is 391 g/mol. The number of hydrogen-bond donors (Lipinski definition) is 1. The number of carbonyl (C=O) groups is 3. The number of nitrogens with zero attached hydrogens (tertiary/aromatic N) is 1. The van der Waals surface area contributed by atoms with Crippen LogP contribution >= 0.6 is 0 Å². The Kier molecular flexibility index (Phi) is 4.64. The van der Waals surface area contributed by atoms with Gasteiger partial charge in [-0.3, -0.25) is 24.5 Å². The topological polar surface area (TPSA) is 133 Å². The molecule has 0 aromatic heterocycles. The minimum Gasteiger partial charge on any atom is -0.508 e. The van der Waals surface area contributed by atoms with Gasteiger partial charge in [-0.15, -0.1) is 0 Å². The lowest BCUT2D eigenvalue weighted by Crippen LogP contribution is -2.67. The van der Waals surface area contributed by atoms with Crippen LogP contribution < -0.4 is 0 Å². The number of esters is 2. The summed E-state index contributed by atoms with van der Waals surface area (Å²) < 4.78 is 10.7. The predicted octanol–water partition coefficient (Wildman–Crippen LogP) is 1.74. The molecule has 1 N–H and O–H groups in total. The number of benzene rings is 1. The average Bonchev–Trinajstić information content (AvgIpc) is 2.54. The van der Waals surface area contributed by atoms with Crippen LogP contribution in [-0.4, -0.2) is 45.0 Å². The zero-order valence-corrected chi connectivity index (χ0v) is 15.7. The van der Waals surface area contributed by atoms with Gasteiger partial charge in [-0.25, -0.2) is 0 Å². The van der Waals surface area contributed by atoms with Crippen molar-refractivity contribution in [3.8, 4) is 5.75 Å². The van der Waals surface area contributed by atoms with Crippen LogP contribution in [0.5, 0.6) is 5.75 Å². The van der Waals surface area contributed by atoms with Crippen LogP contribution in [0.2, 0.25) is 0 Å². The third-order valence-corrected chi connectivity index (χ3v) is 5.04. The van der Waals surface area contributed by atoms with Crippen molar-refractivity contribution >= 4 is 17.7 Å². The lowest BCUT2D eigenvalue weighted by molar-refractivity contribution is -0.543. The van der Waals surface area contributed by atoms with Crippen molar-refractivity contribution in [1.29, 1.82) is 0 Å². The van der Waals surface area contributed by atoms with Gasteiger partial charge < -0.3 is 14.6 Å². The Morgan fingerprint density at radius 1 is 1.32 bits per heavy atom. The molecule has 2 heterocycles. The first kappa shape index (κ1) is 19.8. The number of carbonyl (C=O) groups excluding carboxylic acids is 3. The number of phenolic OH excluding ortho intramolecular Hbond substituents is 1. The van der Waals surface area contributed by atoms with E-state index in [2.05, 4.69) is 0 Å². The van der Waals surface area contributed by atoms with E-state index < -0.39 is 58.1 Å². The molecule has 1 aromatic rings. The minimum atomic E-state index is -2.01. The fourth-order valence-electron chi connectivity index (χ4n) is 4.03. The molecule has 2 aliphatic heterocycles. The molecule has 2 bridgehead atoms. The maximum absolute atomic E-state index is 12.9. The number of aromatic hydroxyl groups is 1. The maximum atomic E-state index is 12.9. The molecule has 9 heteroatoms. The molecule has 3 fully saturated rings. The number of ether oxygens (including phenoxy) is 2. The molecule has 1 aliphatic carbocycles. The van der Waals surface area contributed by atoms with Crippen LogP contribution in [0.3, 0.4) is 0 Å². The van der Waals surface area contributed by atoms with Gasteiger partial charge in [0.2, 0.25) is 6.04 Å². The largest absolute Gasteiger partial charge is 0.508 e. The van der Waals surface area contributed by atoms with Crippen LogP contribution in [0.4, 0.5) is 0 Å². The summed E-state index contributed by atoms with van der Waals surface area (Å²) in [7, 11) is 0. The Labute approximate surface area is 160 Å². The van der Waals surface area contributed by atoms with Gasteiger partial charge in [0, 0.05) is 11.3 Å². The maximum Gasteiger partial charge on any atom is 0.317 e. The van der Waals surface area contributed by atoms with Crippen LogP contribution in [0, 0.1) is 16.0 Å². The highest BCUT2D eigenvalue weighted by Gasteiger charge is 2.70. The van der Waals surface area contributed by atoms with E-state index in [1.807, 2.05) is 0 Å². The van der Waals surface area contributed by atoms with E-state index in [1.165, 1.54) is 24.3 Å². The summed E-state index contributed by atoms with van der Waals surface area (Å²) in [5.41, 5.74) is -2.53. The van der Waals surface area contributed by atoms with Gasteiger partial charge in [-0.2, -0.15) is 0 Å². The first-order chi connectivity index (χ1) is 12.9. The van der Waals surface area contributed by atoms with Gasteiger partial charge in [0.25, 0.3) is 0 Å². The smallest absolute Gasteiger partial charge is 0.317 e. The molecule has 150 valence electrons. The van der Waals surface area contributed by atoms with Crippen molar-refractivity contribution in [2.24, 2.45) is 5.92 Å². The molecule has 2 saturated heterocycles. The summed E-state index contributed by atoms with van der Waals surface area (Å²) in [6.07, 6.45) is -0.973. The van der Waals surface area contributed by atoms with Gasteiger partial charge in [0.05, 0.1) is 6.42 Å². The molecule has 9 nitrogen and oxygen atoms in total. The summed E-state index contributed by atoms with van der Waals surface area (Å²) >= 11 is 0. The number of rotatable bonds is 4. The van der Waals surface area contributed by atoms with Gasteiger partial charge in [0.15, 0.2) is 11.4 Å². The minimum absolute atomic E-state index is 0.0631. The predicted molar refractivity (Wildman–Crippen MR) is 94.0 cm³/mol. The highest BCUT2D eigenvalue weighted by molar-refractivity contribution is 6.01. The second-order valence-electron chi connectivity index (χ2n) is 8.15. The van der Waals surface area contributed by atoms with E-state index in [1.54, 1.807) is 20.8 Å². The number of fused-ring (bicyclic) bond motifs is 3. The normalized spacial score (nSPS) is 29.3. The second kappa shape index (κ2) is 6.57. The Bertz CT molecular complexity index is 840. The van der Waals surface area contributed by atoms with Crippen molar-refractivity contribution in [3.05, 3.63) is 39.9 Å². The van der Waals surface area contributed by atoms with Gasteiger partial charge >= 0.3 is 11.9 Å². The molecule has 3 aliphatic rings. The molecule has 4 atom stereocenters. The molecular weight excluding hydrogens is 370 g/mol. The summed E-state index contributed by atoms with van der Waals surface area (Å²) in [4.78, 5) is 49.0. The zero-order chi connectivity index (χ0) is 20.9. The van der Waals surface area contributed by atoms with Crippen LogP contribution in [0.15, 0.2) is 24.3 Å². The fraction of sp³-hybridized carbons (Fsp3) is 0.526. The van der Waals surface area contributed by atoms with E-state index >= 15 is 0 Å². The van der Waals surface area contributed by atoms with Crippen molar-refractivity contribution in [2.75, 3.05) is 0 Å². The molecule has 28 heavy (non-hydrogen) atoms. The van der Waals surface area contributed by atoms with E-state index in [-0.39, 0.29) is 12.2 Å². The zero-order valence-electron chi connectivity index (χ0n) is 15.7. The SMILES string of the molecule is CC(C)(C)OC(=O)C[C@]12OC(=O)[C@H](CC1=O)[C@@H]([N+](=O)[O-])[C@@H]2c1ccc(O)cc1. The molecule has 1 saturated carbocycles. The van der Waals surface area contributed by atoms with E-state index in [0.29, 0.717) is 5.56 Å². The second-order valence-corrected chi connectivity index (χ2v) is 8.15. The summed E-state index contributed by atoms with van der Waals surface area (Å²) in [5.74, 6) is -4.65. The molecule has 0 unspecified atom stereocenters. The lowest BCUT2D eigenvalue weighted by atomic mass is 9.61. The first-order valence-corrected chi connectivity index (χ1v) is 8.85. The van der Waals surface area contributed by atoms with E-state index in [0.717, 1.165) is 0 Å². The highest BCUT2D eigenvalue weighted by atomic mass is 16.6. The van der Waals surface area contributed by atoms with Gasteiger partial charge in [-0.05, 0) is 38.5 Å². The standard InChI is InChI=1S/C19H21NO8/c1-18(2,3)27-14(23)9-19-13(22)8-12(17(24)28-19)16(20(25)26)15(19)10-4-6-11(21)7-5-10/h4-7,12,15-16,21H,8-9H2,1-3H3/t12-,15+,16-,19+/m1/s1. The summed E-state index contributed by atoms with van der Waals surface area (Å²) in [5, 5.41) is 21.4. The first-order valence-electron chi connectivity index (χ1n) is 8.85. The van der Waals surface area contributed by atoms with Crippen molar-refractivity contribution in [3.63, 3.8) is 0 Å². The molecular formula is C19H21NO8. The molecule has 4 rings (SSSR count). The summed E-state index contributed by atoms with van der Waals surface area (Å²) in [6, 6.07) is 4.07. The number of phenols is 1. The lowest BCUT2D eigenvalue weighted by Gasteiger charge is -2.49. The fourth-order valence-corrected chi connectivity index (χ4v) is 4.03. The average molecular weight is 391 g/mol. The Hall–Kier alpha value is -2.97. The van der Waals surface area contributed by atoms with Crippen molar-refractivity contribution in [1.82, 2.24) is 0 Å². The van der Waals surface area contributed by atoms with E-state index in [4.69, 9.17) is 9.47 Å². The van der Waals surface area contributed by atoms with Gasteiger partial charge in [-0.1, -0.05) is 12.1 Å². The van der Waals surface area contributed by atoms with Crippen LogP contribution in [0.25, 0.3) is 0 Å². The molecule has 0 spiro atoms. The molecule has 1 aromatic carbocycles. The Morgan fingerprint density at radius 2 is 1.93 bits per heavy atom. The third kappa shape index (κ3) is 3.32. The molecule has 0 amide bonds. The summed E-state index contributed by atoms with van der Waals surface area (Å²) in [6.45, 7) is 4.93. The third-order valence-electron chi connectivity index (χ3n) is 5.04. The highest BCUT2D eigenvalue weighted by Crippen LogP contribution is 2.52. The Morgan fingerprint density at radius 3 is 2.46 bits per heavy atom. The Balaban J connectivity index is 2.11. The number of nitro groups is 1. The number of ketones is 1. The number of Topliss-reactive ketones (excluding diaryl/α,β-unsaturated/α-hetero) is 1. The van der Waals surface area contributed by atoms with Crippen LogP contribution in [0.1, 0.15) is 45.1 Å². The van der Waals surface area contributed by atoms with Crippen LogP contribution in [-0.2, 0) is 23.9 Å². The quantitative estimate of drug-likeness (QED) is 0.466. The van der Waals surface area contributed by atoms with Crippen molar-refractivity contribution < 1.29 is 33.9 Å². The molecule has 0 radical (unpaired) electrons.